The maximum absolute atomic E-state index is 12.7. The molecule has 0 bridgehead atoms. The summed E-state index contributed by atoms with van der Waals surface area (Å²) in [6.07, 6.45) is -0.657. The molecular formula is C27H22N6O3. The van der Waals surface area contributed by atoms with E-state index >= 15 is 0 Å². The summed E-state index contributed by atoms with van der Waals surface area (Å²) in [5.41, 5.74) is 16.1. The van der Waals surface area contributed by atoms with Crippen molar-refractivity contribution in [2.24, 2.45) is 0 Å². The van der Waals surface area contributed by atoms with Gasteiger partial charge in [-0.1, -0.05) is 0 Å². The van der Waals surface area contributed by atoms with Gasteiger partial charge in [0.05, 0.1) is 11.0 Å². The normalized spacial score (nSPS) is 10.8. The van der Waals surface area contributed by atoms with Crippen LogP contribution >= 0.6 is 0 Å². The Bertz CT molecular complexity index is 1630. The molecule has 2 amide bonds. The van der Waals surface area contributed by atoms with Crippen LogP contribution in [0, 0.1) is 6.92 Å². The Hall–Kier alpha value is -5.18. The number of hydrogen-bond donors (Lipinski definition) is 4. The molecule has 0 atom stereocenters. The number of nitrogens with one attached hydrogen (secondary N) is 2. The second-order valence-corrected chi connectivity index (χ2v) is 8.22. The number of nitrogen functional groups attached to an aromatic ring is 2. The lowest BCUT2D eigenvalue weighted by Gasteiger charge is -2.10. The average molecular weight is 479 g/mol. The van der Waals surface area contributed by atoms with E-state index in [2.05, 4.69) is 20.6 Å². The summed E-state index contributed by atoms with van der Waals surface area (Å²) in [6, 6.07) is 22.2. The molecular weight excluding hydrogens is 456 g/mol. The van der Waals surface area contributed by atoms with Gasteiger partial charge in [-0.3, -0.25) is 15.1 Å². The van der Waals surface area contributed by atoms with Gasteiger partial charge in [-0.05, 0) is 85.8 Å². The highest BCUT2D eigenvalue weighted by molar-refractivity contribution is 6.06. The highest BCUT2D eigenvalue weighted by Crippen LogP contribution is 2.26. The fourth-order valence-corrected chi connectivity index (χ4v) is 3.81. The van der Waals surface area contributed by atoms with Gasteiger partial charge >= 0.3 is 6.09 Å². The summed E-state index contributed by atoms with van der Waals surface area (Å²) in [5.74, 6) is 0.496. The number of aromatic nitrogens is 2. The van der Waals surface area contributed by atoms with Crippen LogP contribution in [-0.2, 0) is 0 Å². The van der Waals surface area contributed by atoms with Crippen molar-refractivity contribution < 1.29 is 14.3 Å². The van der Waals surface area contributed by atoms with Crippen molar-refractivity contribution in [2.45, 2.75) is 6.92 Å². The number of anilines is 4. The molecule has 0 aliphatic heterocycles. The zero-order valence-corrected chi connectivity index (χ0v) is 19.3. The molecule has 36 heavy (non-hydrogen) atoms. The van der Waals surface area contributed by atoms with Crippen molar-refractivity contribution in [3.05, 3.63) is 90.1 Å². The van der Waals surface area contributed by atoms with E-state index in [9.17, 15) is 9.59 Å². The third-order valence-electron chi connectivity index (χ3n) is 5.51. The second kappa shape index (κ2) is 9.22. The highest BCUT2D eigenvalue weighted by atomic mass is 16.6. The minimum Gasteiger partial charge on any atom is -0.410 e. The van der Waals surface area contributed by atoms with Gasteiger partial charge in [0.1, 0.15) is 11.6 Å². The maximum atomic E-state index is 12.7. The SMILES string of the molecule is Cc1cc(N)c2cc(OC(=O)Nc3ccc(NC(=O)c4ccc5nc(N)ccc5c4)cc3)ccc2n1. The molecule has 9 heteroatoms. The fraction of sp³-hybridized carbons (Fsp3) is 0.0370. The van der Waals surface area contributed by atoms with E-state index in [0.29, 0.717) is 45.1 Å². The van der Waals surface area contributed by atoms with E-state index < -0.39 is 6.09 Å². The van der Waals surface area contributed by atoms with Crippen LogP contribution < -0.4 is 26.8 Å². The standard InChI is InChI=1S/C27H22N6O3/c1-15-12-22(28)21-14-20(8-10-24(21)30-15)36-27(35)32-19-6-4-18(5-7-19)31-26(34)17-2-9-23-16(13-17)3-11-25(29)33-23/h2-14H,1H3,(H2,28,30)(H2,29,33)(H,31,34)(H,32,35). The highest BCUT2D eigenvalue weighted by Gasteiger charge is 2.10. The van der Waals surface area contributed by atoms with Gasteiger partial charge in [0, 0.05) is 39.1 Å². The first-order valence-electron chi connectivity index (χ1n) is 11.1. The van der Waals surface area contributed by atoms with E-state index in [0.717, 1.165) is 16.6 Å². The Morgan fingerprint density at radius 3 is 2.28 bits per heavy atom. The lowest BCUT2D eigenvalue weighted by molar-refractivity contribution is 0.102. The monoisotopic (exact) mass is 478 g/mol. The van der Waals surface area contributed by atoms with Crippen molar-refractivity contribution in [1.29, 1.82) is 0 Å². The predicted octanol–water partition coefficient (Wildman–Crippen LogP) is 5.12. The summed E-state index contributed by atoms with van der Waals surface area (Å²) in [5, 5.41) is 7.02. The number of amides is 2. The van der Waals surface area contributed by atoms with Crippen molar-refractivity contribution in [3.8, 4) is 5.75 Å². The summed E-state index contributed by atoms with van der Waals surface area (Å²) in [7, 11) is 0. The third kappa shape index (κ3) is 4.85. The average Bonchev–Trinajstić information content (AvgIpc) is 2.85. The van der Waals surface area contributed by atoms with Crippen LogP contribution in [0.4, 0.5) is 27.7 Å². The number of aryl methyl sites for hydroxylation is 1. The molecule has 0 aliphatic rings. The lowest BCUT2D eigenvalue weighted by atomic mass is 10.1. The Kier molecular flexibility index (Phi) is 5.79. The van der Waals surface area contributed by atoms with Crippen LogP contribution in [0.25, 0.3) is 21.8 Å². The first-order valence-corrected chi connectivity index (χ1v) is 11.1. The summed E-state index contributed by atoms with van der Waals surface area (Å²) in [6.45, 7) is 1.86. The van der Waals surface area contributed by atoms with E-state index in [4.69, 9.17) is 16.2 Å². The van der Waals surface area contributed by atoms with Gasteiger partial charge in [0.25, 0.3) is 5.91 Å². The van der Waals surface area contributed by atoms with Gasteiger partial charge < -0.3 is 21.5 Å². The van der Waals surface area contributed by atoms with Crippen molar-refractivity contribution in [2.75, 3.05) is 22.1 Å². The van der Waals surface area contributed by atoms with Crippen LogP contribution in [0.1, 0.15) is 16.1 Å². The Balaban J connectivity index is 1.22. The van der Waals surface area contributed by atoms with E-state index in [-0.39, 0.29) is 5.91 Å². The quantitative estimate of drug-likeness (QED) is 0.280. The largest absolute Gasteiger partial charge is 0.417 e. The molecule has 0 saturated heterocycles. The molecule has 3 aromatic carbocycles. The number of carbonyl (C=O) groups is 2. The molecule has 0 aliphatic carbocycles. The number of carbonyl (C=O) groups excluding carboxylic acids is 2. The lowest BCUT2D eigenvalue weighted by Crippen LogP contribution is -2.17. The zero-order chi connectivity index (χ0) is 25.2. The van der Waals surface area contributed by atoms with Crippen molar-refractivity contribution in [3.63, 3.8) is 0 Å². The first-order chi connectivity index (χ1) is 17.3. The van der Waals surface area contributed by atoms with E-state index in [1.165, 1.54) is 0 Å². The van der Waals surface area contributed by atoms with Crippen LogP contribution in [-0.4, -0.2) is 22.0 Å². The first kappa shape index (κ1) is 22.6. The van der Waals surface area contributed by atoms with Crippen LogP contribution in [0.3, 0.4) is 0 Å². The van der Waals surface area contributed by atoms with Crippen molar-refractivity contribution >= 4 is 56.7 Å². The molecule has 9 nitrogen and oxygen atoms in total. The van der Waals surface area contributed by atoms with Crippen LogP contribution in [0.2, 0.25) is 0 Å². The van der Waals surface area contributed by atoms with Crippen LogP contribution in [0.15, 0.2) is 78.9 Å². The zero-order valence-electron chi connectivity index (χ0n) is 19.3. The topological polar surface area (TPSA) is 145 Å². The Morgan fingerprint density at radius 2 is 1.50 bits per heavy atom. The predicted molar refractivity (Wildman–Crippen MR) is 141 cm³/mol. The number of fused-ring (bicyclic) bond motifs is 2. The molecule has 2 heterocycles. The molecule has 0 unspecified atom stereocenters. The van der Waals surface area contributed by atoms with Gasteiger partial charge in [-0.25, -0.2) is 9.78 Å². The number of pyridine rings is 2. The van der Waals surface area contributed by atoms with Gasteiger partial charge in [-0.2, -0.15) is 0 Å². The van der Waals surface area contributed by atoms with Gasteiger partial charge in [0.15, 0.2) is 0 Å². The molecule has 5 aromatic rings. The molecule has 2 aromatic heterocycles. The molecule has 178 valence electrons. The Morgan fingerprint density at radius 1 is 0.778 bits per heavy atom. The summed E-state index contributed by atoms with van der Waals surface area (Å²) >= 11 is 0. The van der Waals surface area contributed by atoms with E-state index in [1.807, 2.05) is 13.0 Å². The number of rotatable bonds is 4. The fourth-order valence-electron chi connectivity index (χ4n) is 3.81. The number of ether oxygens (including phenoxy) is 1. The van der Waals surface area contributed by atoms with Gasteiger partial charge in [0.2, 0.25) is 0 Å². The number of hydrogen-bond acceptors (Lipinski definition) is 7. The summed E-state index contributed by atoms with van der Waals surface area (Å²) < 4.78 is 5.39. The van der Waals surface area contributed by atoms with Crippen molar-refractivity contribution in [1.82, 2.24) is 9.97 Å². The number of nitrogens with zero attached hydrogens (tertiary/aromatic N) is 2. The smallest absolute Gasteiger partial charge is 0.410 e. The molecule has 0 spiro atoms. The molecule has 0 radical (unpaired) electrons. The number of nitrogens with two attached hydrogens (primary N) is 2. The third-order valence-corrected chi connectivity index (χ3v) is 5.51. The molecule has 6 N–H and O–H groups in total. The minimum absolute atomic E-state index is 0.269. The molecule has 0 fully saturated rings. The second-order valence-electron chi connectivity index (χ2n) is 8.22. The van der Waals surface area contributed by atoms with E-state index in [1.54, 1.807) is 72.8 Å². The summed E-state index contributed by atoms with van der Waals surface area (Å²) in [4.78, 5) is 33.7. The Labute approximate surface area is 206 Å². The molecule has 0 saturated carbocycles. The van der Waals surface area contributed by atoms with Crippen LogP contribution in [0.5, 0.6) is 5.75 Å². The maximum Gasteiger partial charge on any atom is 0.417 e. The van der Waals surface area contributed by atoms with Gasteiger partial charge in [-0.15, -0.1) is 0 Å². The minimum atomic E-state index is -0.657. The number of benzene rings is 3. The molecule has 5 rings (SSSR count).